The molecular weight excluding hydrogens is 279 g/mol. The van der Waals surface area contributed by atoms with E-state index in [1.807, 2.05) is 4.90 Å². The Hall–Kier alpha value is -0.280. The molecule has 2 aliphatic rings. The lowest BCUT2D eigenvalue weighted by atomic mass is 9.98. The topological polar surface area (TPSA) is 21.1 Å². The number of quaternary nitrogens is 2. The van der Waals surface area contributed by atoms with E-state index < -0.39 is 0 Å². The van der Waals surface area contributed by atoms with Gasteiger partial charge in [0, 0.05) is 18.4 Å². The van der Waals surface area contributed by atoms with Gasteiger partial charge in [-0.3, -0.25) is 0 Å². The number of benzene rings is 1. The Morgan fingerprint density at radius 3 is 2.21 bits per heavy atom. The van der Waals surface area contributed by atoms with Crippen molar-refractivity contribution in [3.8, 4) is 0 Å². The van der Waals surface area contributed by atoms with E-state index in [0.29, 0.717) is 0 Å². The van der Waals surface area contributed by atoms with E-state index in [-0.39, 0.29) is 24.8 Å². The third-order valence-corrected chi connectivity index (χ3v) is 4.86. The van der Waals surface area contributed by atoms with Crippen molar-refractivity contribution >= 4 is 0 Å². The molecule has 0 amide bonds. The molecule has 3 N–H and O–H groups in total. The van der Waals surface area contributed by atoms with Crippen LogP contribution in [0.2, 0.25) is 0 Å². The predicted molar refractivity (Wildman–Crippen MR) is 68.8 cm³/mol. The molecule has 2 nitrogen and oxygen atoms in total. The normalized spacial score (nSPS) is 32.3. The van der Waals surface area contributed by atoms with Crippen molar-refractivity contribution in [3.63, 3.8) is 0 Å². The summed E-state index contributed by atoms with van der Waals surface area (Å²) < 4.78 is 0. The minimum absolute atomic E-state index is 0. The Kier molecular flexibility index (Phi) is 6.61. The van der Waals surface area contributed by atoms with Crippen LogP contribution in [0, 0.1) is 0 Å². The van der Waals surface area contributed by atoms with Crippen LogP contribution in [-0.4, -0.2) is 25.2 Å². The van der Waals surface area contributed by atoms with Crippen molar-refractivity contribution < 1.29 is 35.0 Å². The number of halogens is 2. The molecule has 0 spiro atoms. The molecule has 1 aromatic rings. The van der Waals surface area contributed by atoms with Gasteiger partial charge in [-0.15, -0.1) is 0 Å². The molecule has 2 bridgehead atoms. The monoisotopic (exact) mass is 302 g/mol. The second-order valence-electron chi connectivity index (χ2n) is 5.87. The Morgan fingerprint density at radius 2 is 1.63 bits per heavy atom. The smallest absolute Gasteiger partial charge is 0.101 e. The summed E-state index contributed by atoms with van der Waals surface area (Å²) in [6.07, 6.45) is 5.78. The molecule has 1 aromatic carbocycles. The molecule has 3 rings (SSSR count). The fourth-order valence-corrected chi connectivity index (χ4v) is 3.73. The summed E-state index contributed by atoms with van der Waals surface area (Å²) in [5, 5.41) is 2.58. The number of piperidine rings is 1. The lowest BCUT2D eigenvalue weighted by Crippen LogP contribution is -3.17. The quantitative estimate of drug-likeness (QED) is 0.555. The molecule has 0 aromatic heterocycles. The van der Waals surface area contributed by atoms with Crippen LogP contribution < -0.4 is 35.0 Å². The second-order valence-corrected chi connectivity index (χ2v) is 5.87. The molecule has 0 radical (unpaired) electrons. The first-order valence-electron chi connectivity index (χ1n) is 7.03. The fourth-order valence-electron chi connectivity index (χ4n) is 3.73. The molecule has 0 saturated carbocycles. The van der Waals surface area contributed by atoms with E-state index in [1.165, 1.54) is 31.2 Å². The molecule has 2 heterocycles. The fraction of sp³-hybridized carbons (Fsp3) is 0.600. The van der Waals surface area contributed by atoms with Crippen LogP contribution in [0.3, 0.4) is 0 Å². The van der Waals surface area contributed by atoms with Gasteiger partial charge in [-0.25, -0.2) is 0 Å². The standard InChI is InChI=1S/C15H22N2.2ClH/c1-17-14-7-8-15(17)10-13(9-14)16-11-12-5-3-2-4-6-12;;/h2-6,13-16H,7-11H2,1H3;2*1H. The lowest BCUT2D eigenvalue weighted by molar-refractivity contribution is -0.931. The average Bonchev–Trinajstić information content (AvgIpc) is 2.61. The number of rotatable bonds is 3. The van der Waals surface area contributed by atoms with Crippen molar-refractivity contribution in [2.24, 2.45) is 0 Å². The van der Waals surface area contributed by atoms with Gasteiger partial charge in [-0.2, -0.15) is 0 Å². The van der Waals surface area contributed by atoms with Crippen molar-refractivity contribution in [2.45, 2.75) is 50.4 Å². The highest BCUT2D eigenvalue weighted by Gasteiger charge is 2.43. The first-order valence-corrected chi connectivity index (χ1v) is 7.03. The first kappa shape index (κ1) is 16.8. The predicted octanol–water partition coefficient (Wildman–Crippen LogP) is -6.03. The van der Waals surface area contributed by atoms with E-state index in [2.05, 4.69) is 42.7 Å². The SMILES string of the molecule is C[NH+]1C2CCC1CC([NH2+]Cc1ccccc1)C2.[Cl-].[Cl-]. The van der Waals surface area contributed by atoms with Crippen molar-refractivity contribution in [2.75, 3.05) is 7.05 Å². The van der Waals surface area contributed by atoms with E-state index in [0.717, 1.165) is 24.7 Å². The Bertz CT molecular complexity index is 358. The van der Waals surface area contributed by atoms with E-state index in [9.17, 15) is 0 Å². The molecule has 4 heteroatoms. The third kappa shape index (κ3) is 3.85. The van der Waals surface area contributed by atoms with Gasteiger partial charge < -0.3 is 35.0 Å². The summed E-state index contributed by atoms with van der Waals surface area (Å²) in [7, 11) is 2.40. The highest BCUT2D eigenvalue weighted by molar-refractivity contribution is 5.13. The van der Waals surface area contributed by atoms with Crippen LogP contribution in [0.1, 0.15) is 31.2 Å². The highest BCUT2D eigenvalue weighted by Crippen LogP contribution is 2.20. The van der Waals surface area contributed by atoms with Gasteiger partial charge in [0.2, 0.25) is 0 Å². The van der Waals surface area contributed by atoms with E-state index in [4.69, 9.17) is 0 Å². The number of hydrogen-bond donors (Lipinski definition) is 2. The molecular formula is C15H24Cl2N2. The first-order chi connectivity index (χ1) is 8.33. The van der Waals surface area contributed by atoms with Gasteiger partial charge in [0.25, 0.3) is 0 Å². The molecule has 2 fully saturated rings. The van der Waals surface area contributed by atoms with Gasteiger partial charge in [0.15, 0.2) is 0 Å². The maximum atomic E-state index is 2.58. The summed E-state index contributed by atoms with van der Waals surface area (Å²) in [6.45, 7) is 1.16. The number of nitrogens with one attached hydrogen (secondary N) is 1. The largest absolute Gasteiger partial charge is 1.00 e. The Balaban J connectivity index is 0.000000902. The van der Waals surface area contributed by atoms with Crippen LogP contribution in [-0.2, 0) is 6.54 Å². The summed E-state index contributed by atoms with van der Waals surface area (Å²) in [5.41, 5.74) is 1.46. The van der Waals surface area contributed by atoms with Crippen LogP contribution in [0.5, 0.6) is 0 Å². The van der Waals surface area contributed by atoms with Crippen LogP contribution in [0.25, 0.3) is 0 Å². The molecule has 2 aliphatic heterocycles. The van der Waals surface area contributed by atoms with Gasteiger partial charge in [-0.05, 0) is 0 Å². The molecule has 2 saturated heterocycles. The second kappa shape index (κ2) is 7.49. The molecule has 2 atom stereocenters. The van der Waals surface area contributed by atoms with Crippen LogP contribution in [0.15, 0.2) is 30.3 Å². The molecule has 108 valence electrons. The zero-order chi connectivity index (χ0) is 11.7. The van der Waals surface area contributed by atoms with Crippen molar-refractivity contribution in [1.82, 2.24) is 0 Å². The number of hydrogen-bond acceptors (Lipinski definition) is 0. The van der Waals surface area contributed by atoms with Gasteiger partial charge in [-0.1, -0.05) is 30.3 Å². The number of nitrogens with two attached hydrogens (primary N) is 1. The minimum atomic E-state index is 0. The maximum Gasteiger partial charge on any atom is 0.101 e. The van der Waals surface area contributed by atoms with Crippen LogP contribution in [0.4, 0.5) is 0 Å². The zero-order valence-electron chi connectivity index (χ0n) is 11.5. The van der Waals surface area contributed by atoms with Crippen molar-refractivity contribution in [1.29, 1.82) is 0 Å². The average molecular weight is 303 g/mol. The van der Waals surface area contributed by atoms with Crippen LogP contribution >= 0.6 is 0 Å². The highest BCUT2D eigenvalue weighted by atomic mass is 35.5. The summed E-state index contributed by atoms with van der Waals surface area (Å²) >= 11 is 0. The zero-order valence-corrected chi connectivity index (χ0v) is 13.0. The minimum Gasteiger partial charge on any atom is -1.00 e. The van der Waals surface area contributed by atoms with Crippen molar-refractivity contribution in [3.05, 3.63) is 35.9 Å². The Morgan fingerprint density at radius 1 is 1.05 bits per heavy atom. The van der Waals surface area contributed by atoms with E-state index in [1.54, 1.807) is 0 Å². The third-order valence-electron chi connectivity index (χ3n) is 4.86. The van der Waals surface area contributed by atoms with E-state index >= 15 is 0 Å². The number of fused-ring (bicyclic) bond motifs is 2. The summed E-state index contributed by atoms with van der Waals surface area (Å²) in [6, 6.07) is 13.6. The Labute approximate surface area is 128 Å². The van der Waals surface area contributed by atoms with Gasteiger partial charge >= 0.3 is 0 Å². The summed E-state index contributed by atoms with van der Waals surface area (Å²) in [5.74, 6) is 0. The summed E-state index contributed by atoms with van der Waals surface area (Å²) in [4.78, 5) is 1.81. The van der Waals surface area contributed by atoms with Gasteiger partial charge in [0.1, 0.15) is 6.54 Å². The molecule has 19 heavy (non-hydrogen) atoms. The maximum absolute atomic E-state index is 2.58. The lowest BCUT2D eigenvalue weighted by Gasteiger charge is -2.32. The van der Waals surface area contributed by atoms with Gasteiger partial charge in [0.05, 0.1) is 38.0 Å². The molecule has 2 unspecified atom stereocenters. The molecule has 0 aliphatic carbocycles.